The average Bonchev–Trinajstić information content (AvgIpc) is 3.31. The van der Waals surface area contributed by atoms with E-state index < -0.39 is 0 Å². The maximum absolute atomic E-state index is 12.6. The number of nitrogens with zero attached hydrogens (tertiary/aromatic N) is 2. The minimum Gasteiger partial charge on any atom is -0.378 e. The zero-order valence-electron chi connectivity index (χ0n) is 14.6. The van der Waals surface area contributed by atoms with Gasteiger partial charge in [-0.15, -0.1) is 22.7 Å². The monoisotopic (exact) mass is 387 g/mol. The number of anilines is 1. The first-order chi connectivity index (χ1) is 12.7. The molecule has 1 amide bonds. The summed E-state index contributed by atoms with van der Waals surface area (Å²) in [5, 5.41) is 5.66. The van der Waals surface area contributed by atoms with E-state index >= 15 is 0 Å². The number of amides is 1. The third-order valence-corrected chi connectivity index (χ3v) is 6.33. The molecule has 1 aliphatic rings. The second-order valence-electron chi connectivity index (χ2n) is 6.40. The van der Waals surface area contributed by atoms with Gasteiger partial charge in [-0.25, -0.2) is 4.98 Å². The first-order valence-electron chi connectivity index (χ1n) is 8.76. The number of carbonyl (C=O) groups is 1. The van der Waals surface area contributed by atoms with Crippen LogP contribution in [0.3, 0.4) is 0 Å². The molecule has 1 aromatic carbocycles. The van der Waals surface area contributed by atoms with Crippen molar-refractivity contribution < 1.29 is 9.53 Å². The zero-order valence-corrected chi connectivity index (χ0v) is 16.2. The van der Waals surface area contributed by atoms with Crippen molar-refractivity contribution in [1.29, 1.82) is 0 Å². The summed E-state index contributed by atoms with van der Waals surface area (Å²) in [5.41, 5.74) is 2.00. The van der Waals surface area contributed by atoms with Gasteiger partial charge in [-0.1, -0.05) is 12.1 Å². The fraction of sp³-hybridized carbons (Fsp3) is 0.368. The summed E-state index contributed by atoms with van der Waals surface area (Å²) in [7, 11) is 0. The van der Waals surface area contributed by atoms with Gasteiger partial charge in [-0.05, 0) is 30.5 Å². The number of hydrogen-bond donors (Lipinski definition) is 1. The third kappa shape index (κ3) is 3.75. The SMILES string of the molecule is CC(Cc1cccs1)NC(=O)c1nc2c(N3CCOCC3)cccc2s1. The van der Waals surface area contributed by atoms with E-state index in [0.29, 0.717) is 5.01 Å². The molecule has 0 radical (unpaired) electrons. The summed E-state index contributed by atoms with van der Waals surface area (Å²) in [5.74, 6) is -0.0943. The second-order valence-corrected chi connectivity index (χ2v) is 8.46. The Kier molecular flexibility index (Phi) is 5.19. The van der Waals surface area contributed by atoms with Crippen LogP contribution in [0.4, 0.5) is 5.69 Å². The molecule has 1 saturated heterocycles. The minimum absolute atomic E-state index is 0.0758. The fourth-order valence-corrected chi connectivity index (χ4v) is 4.88. The molecule has 26 heavy (non-hydrogen) atoms. The van der Waals surface area contributed by atoms with Crippen LogP contribution in [0.1, 0.15) is 21.6 Å². The molecule has 1 N–H and O–H groups in total. The molecule has 7 heteroatoms. The van der Waals surface area contributed by atoms with Crippen molar-refractivity contribution in [3.05, 3.63) is 45.6 Å². The van der Waals surface area contributed by atoms with Crippen molar-refractivity contribution >= 4 is 44.5 Å². The Morgan fingerprint density at radius 2 is 2.15 bits per heavy atom. The molecule has 5 nitrogen and oxygen atoms in total. The van der Waals surface area contributed by atoms with Gasteiger partial charge in [0.1, 0.15) is 5.52 Å². The van der Waals surface area contributed by atoms with E-state index in [9.17, 15) is 4.79 Å². The molecule has 1 fully saturated rings. The number of fused-ring (bicyclic) bond motifs is 1. The lowest BCUT2D eigenvalue weighted by atomic mass is 10.2. The van der Waals surface area contributed by atoms with Gasteiger partial charge in [-0.3, -0.25) is 4.79 Å². The van der Waals surface area contributed by atoms with E-state index in [1.165, 1.54) is 16.2 Å². The van der Waals surface area contributed by atoms with E-state index in [2.05, 4.69) is 32.7 Å². The van der Waals surface area contributed by atoms with Gasteiger partial charge in [0.25, 0.3) is 5.91 Å². The molecule has 3 aromatic rings. The lowest BCUT2D eigenvalue weighted by molar-refractivity contribution is 0.0940. The van der Waals surface area contributed by atoms with Crippen LogP contribution in [0.15, 0.2) is 35.7 Å². The van der Waals surface area contributed by atoms with Gasteiger partial charge < -0.3 is 15.0 Å². The Balaban J connectivity index is 1.52. The summed E-state index contributed by atoms with van der Waals surface area (Å²) in [4.78, 5) is 20.9. The van der Waals surface area contributed by atoms with Crippen molar-refractivity contribution in [2.24, 2.45) is 0 Å². The van der Waals surface area contributed by atoms with Gasteiger partial charge >= 0.3 is 0 Å². The van der Waals surface area contributed by atoms with Crippen molar-refractivity contribution in [3.63, 3.8) is 0 Å². The van der Waals surface area contributed by atoms with Crippen LogP contribution in [0, 0.1) is 0 Å². The van der Waals surface area contributed by atoms with Gasteiger partial charge in [0.05, 0.1) is 23.6 Å². The number of ether oxygens (including phenoxy) is 1. The highest BCUT2D eigenvalue weighted by molar-refractivity contribution is 7.20. The van der Waals surface area contributed by atoms with Crippen molar-refractivity contribution in [2.45, 2.75) is 19.4 Å². The number of aromatic nitrogens is 1. The Hall–Kier alpha value is -1.96. The predicted octanol–water partition coefficient (Wildman–Crippen LogP) is 3.56. The van der Waals surface area contributed by atoms with Crippen molar-refractivity contribution in [2.75, 3.05) is 31.2 Å². The van der Waals surface area contributed by atoms with E-state index in [1.54, 1.807) is 11.3 Å². The molecule has 2 aromatic heterocycles. The molecule has 1 unspecified atom stereocenters. The summed E-state index contributed by atoms with van der Waals surface area (Å²) in [6, 6.07) is 10.4. The number of nitrogens with one attached hydrogen (secondary N) is 1. The summed E-state index contributed by atoms with van der Waals surface area (Å²) >= 11 is 3.17. The van der Waals surface area contributed by atoms with Crippen molar-refractivity contribution in [1.82, 2.24) is 10.3 Å². The molecule has 0 saturated carbocycles. The standard InChI is InChI=1S/C19H21N3O2S2/c1-13(12-14-4-3-11-25-14)20-18(23)19-21-17-15(5-2-6-16(17)26-19)22-7-9-24-10-8-22/h2-6,11,13H,7-10,12H2,1H3,(H,20,23). The highest BCUT2D eigenvalue weighted by atomic mass is 32.1. The van der Waals surface area contributed by atoms with E-state index in [4.69, 9.17) is 4.74 Å². The van der Waals surface area contributed by atoms with Crippen LogP contribution in [0.25, 0.3) is 10.2 Å². The number of thiazole rings is 1. The Morgan fingerprint density at radius 1 is 1.31 bits per heavy atom. The Bertz CT molecular complexity index is 885. The molecular formula is C19H21N3O2S2. The maximum atomic E-state index is 12.6. The van der Waals surface area contributed by atoms with Crippen LogP contribution in [0.5, 0.6) is 0 Å². The predicted molar refractivity (Wildman–Crippen MR) is 108 cm³/mol. The first kappa shape index (κ1) is 17.5. The lowest BCUT2D eigenvalue weighted by Gasteiger charge is -2.28. The number of thiophene rings is 1. The second kappa shape index (κ2) is 7.73. The largest absolute Gasteiger partial charge is 0.378 e. The number of rotatable bonds is 5. The van der Waals surface area contributed by atoms with Crippen LogP contribution >= 0.6 is 22.7 Å². The average molecular weight is 388 g/mol. The highest BCUT2D eigenvalue weighted by Crippen LogP contribution is 2.31. The molecule has 3 heterocycles. The fourth-order valence-electron chi connectivity index (χ4n) is 3.16. The van der Waals surface area contributed by atoms with E-state index in [1.807, 2.05) is 25.1 Å². The van der Waals surface area contributed by atoms with E-state index in [0.717, 1.165) is 48.6 Å². The Labute approximate surface area is 160 Å². The number of benzene rings is 1. The van der Waals surface area contributed by atoms with Gasteiger partial charge in [0, 0.05) is 30.4 Å². The molecule has 1 aliphatic heterocycles. The molecule has 1 atom stereocenters. The minimum atomic E-state index is -0.0943. The number of hydrogen-bond acceptors (Lipinski definition) is 6. The molecule has 4 rings (SSSR count). The summed E-state index contributed by atoms with van der Waals surface area (Å²) in [6.45, 7) is 5.21. The molecule has 0 spiro atoms. The molecular weight excluding hydrogens is 366 g/mol. The quantitative estimate of drug-likeness (QED) is 0.727. The number of morpholine rings is 1. The van der Waals surface area contributed by atoms with Crippen LogP contribution in [-0.4, -0.2) is 43.2 Å². The van der Waals surface area contributed by atoms with Crippen LogP contribution in [0.2, 0.25) is 0 Å². The first-order valence-corrected chi connectivity index (χ1v) is 10.5. The van der Waals surface area contributed by atoms with Gasteiger partial charge in [0.15, 0.2) is 5.01 Å². The van der Waals surface area contributed by atoms with Gasteiger partial charge in [-0.2, -0.15) is 0 Å². The molecule has 0 bridgehead atoms. The molecule has 0 aliphatic carbocycles. The third-order valence-electron chi connectivity index (χ3n) is 4.41. The topological polar surface area (TPSA) is 54.5 Å². The summed E-state index contributed by atoms with van der Waals surface area (Å²) in [6.07, 6.45) is 0.841. The lowest BCUT2D eigenvalue weighted by Crippen LogP contribution is -2.36. The van der Waals surface area contributed by atoms with E-state index in [-0.39, 0.29) is 11.9 Å². The number of para-hydroxylation sites is 1. The zero-order chi connectivity index (χ0) is 17.9. The smallest absolute Gasteiger partial charge is 0.280 e. The molecule has 136 valence electrons. The van der Waals surface area contributed by atoms with Gasteiger partial charge in [0.2, 0.25) is 0 Å². The van der Waals surface area contributed by atoms with Crippen molar-refractivity contribution in [3.8, 4) is 0 Å². The van der Waals surface area contributed by atoms with Crippen LogP contribution < -0.4 is 10.2 Å². The summed E-state index contributed by atoms with van der Waals surface area (Å²) < 4.78 is 6.49. The van der Waals surface area contributed by atoms with Crippen LogP contribution in [-0.2, 0) is 11.2 Å². The Morgan fingerprint density at radius 3 is 2.92 bits per heavy atom. The number of carbonyl (C=O) groups excluding carboxylic acids is 1. The maximum Gasteiger partial charge on any atom is 0.280 e. The highest BCUT2D eigenvalue weighted by Gasteiger charge is 2.19. The normalized spacial score (nSPS) is 16.0.